The fraction of sp³-hybridized carbons (Fsp3) is 0.125. The summed E-state index contributed by atoms with van der Waals surface area (Å²) in [6, 6.07) is 2.76. The average Bonchev–Trinajstić information content (AvgIpc) is 2.63. The highest BCUT2D eigenvalue weighted by atomic mass is 16.7. The van der Waals surface area contributed by atoms with Crippen LogP contribution in [-0.2, 0) is 0 Å². The standard InChI is InChI=1S/C8H7N3O4/c9-10-3-5-1-7-8(15-4-14-7)2-6(5)11(12)13/h1-3H,4,9H2. The van der Waals surface area contributed by atoms with E-state index in [1.165, 1.54) is 18.3 Å². The molecular weight excluding hydrogens is 202 g/mol. The van der Waals surface area contributed by atoms with Crippen LogP contribution in [-0.4, -0.2) is 17.9 Å². The number of ether oxygens (including phenoxy) is 2. The van der Waals surface area contributed by atoms with Crippen LogP contribution in [0.1, 0.15) is 5.56 Å². The van der Waals surface area contributed by atoms with Gasteiger partial charge in [-0.25, -0.2) is 0 Å². The number of hydrazone groups is 1. The van der Waals surface area contributed by atoms with E-state index in [0.717, 1.165) is 0 Å². The predicted octanol–water partition coefficient (Wildman–Crippen LogP) is 0.616. The van der Waals surface area contributed by atoms with Crippen molar-refractivity contribution < 1.29 is 14.4 Å². The summed E-state index contributed by atoms with van der Waals surface area (Å²) in [5.41, 5.74) is 0.167. The van der Waals surface area contributed by atoms with E-state index in [0.29, 0.717) is 11.5 Å². The van der Waals surface area contributed by atoms with Gasteiger partial charge < -0.3 is 15.3 Å². The van der Waals surface area contributed by atoms with Crippen LogP contribution in [0.25, 0.3) is 0 Å². The van der Waals surface area contributed by atoms with Crippen LogP contribution in [0.2, 0.25) is 0 Å². The molecule has 0 unspecified atom stereocenters. The Morgan fingerprint density at radius 3 is 2.73 bits per heavy atom. The van der Waals surface area contributed by atoms with Crippen molar-refractivity contribution in [2.24, 2.45) is 10.9 Å². The number of benzene rings is 1. The normalized spacial score (nSPS) is 13.3. The lowest BCUT2D eigenvalue weighted by atomic mass is 10.1. The van der Waals surface area contributed by atoms with E-state index in [-0.39, 0.29) is 18.0 Å². The molecule has 1 aromatic carbocycles. The maximum atomic E-state index is 10.7. The molecule has 7 heteroatoms. The molecule has 1 aliphatic heterocycles. The third-order valence-corrected chi connectivity index (χ3v) is 1.93. The molecule has 0 aromatic heterocycles. The van der Waals surface area contributed by atoms with Crippen molar-refractivity contribution in [2.45, 2.75) is 0 Å². The van der Waals surface area contributed by atoms with Crippen molar-refractivity contribution in [3.8, 4) is 11.5 Å². The molecule has 0 fully saturated rings. The second-order valence-corrected chi connectivity index (χ2v) is 2.80. The van der Waals surface area contributed by atoms with E-state index in [4.69, 9.17) is 15.3 Å². The molecule has 78 valence electrons. The van der Waals surface area contributed by atoms with Gasteiger partial charge in [-0.15, -0.1) is 0 Å². The number of hydrogen-bond donors (Lipinski definition) is 1. The largest absolute Gasteiger partial charge is 0.454 e. The molecule has 0 spiro atoms. The minimum absolute atomic E-state index is 0.0652. The summed E-state index contributed by atoms with van der Waals surface area (Å²) in [7, 11) is 0. The number of hydrogen-bond acceptors (Lipinski definition) is 6. The molecule has 15 heavy (non-hydrogen) atoms. The zero-order valence-electron chi connectivity index (χ0n) is 7.54. The van der Waals surface area contributed by atoms with Crippen LogP contribution in [0, 0.1) is 10.1 Å². The van der Waals surface area contributed by atoms with E-state index in [1.54, 1.807) is 0 Å². The Balaban J connectivity index is 2.56. The second kappa shape index (κ2) is 3.45. The monoisotopic (exact) mass is 209 g/mol. The number of fused-ring (bicyclic) bond motifs is 1. The van der Waals surface area contributed by atoms with Gasteiger partial charge in [0, 0.05) is 0 Å². The van der Waals surface area contributed by atoms with E-state index in [9.17, 15) is 10.1 Å². The van der Waals surface area contributed by atoms with Gasteiger partial charge in [0.2, 0.25) is 6.79 Å². The third kappa shape index (κ3) is 1.54. The van der Waals surface area contributed by atoms with E-state index in [1.807, 2.05) is 0 Å². The van der Waals surface area contributed by atoms with Crippen molar-refractivity contribution >= 4 is 11.9 Å². The van der Waals surface area contributed by atoms with Crippen LogP contribution < -0.4 is 15.3 Å². The van der Waals surface area contributed by atoms with Crippen molar-refractivity contribution in [3.05, 3.63) is 27.8 Å². The number of nitro groups is 1. The Morgan fingerprint density at radius 1 is 1.47 bits per heavy atom. The summed E-state index contributed by atoms with van der Waals surface area (Å²) in [6.07, 6.45) is 1.19. The highest BCUT2D eigenvalue weighted by molar-refractivity contribution is 5.86. The van der Waals surface area contributed by atoms with Gasteiger partial charge in [0.15, 0.2) is 11.5 Å². The molecule has 1 aromatic rings. The summed E-state index contributed by atoms with van der Waals surface area (Å²) in [4.78, 5) is 10.2. The summed E-state index contributed by atoms with van der Waals surface area (Å²) in [6.45, 7) is 0.0652. The number of rotatable bonds is 2. The summed E-state index contributed by atoms with van der Waals surface area (Å²) < 4.78 is 10.1. The molecule has 0 aliphatic carbocycles. The Hall–Kier alpha value is -2.31. The molecule has 0 amide bonds. The Labute approximate surface area is 84.2 Å². The zero-order valence-corrected chi connectivity index (χ0v) is 7.54. The first-order valence-electron chi connectivity index (χ1n) is 4.03. The smallest absolute Gasteiger partial charge is 0.282 e. The minimum atomic E-state index is -0.529. The topological polar surface area (TPSA) is 100.0 Å². The number of nitro benzene ring substituents is 1. The molecule has 0 bridgehead atoms. The van der Waals surface area contributed by atoms with Crippen LogP contribution in [0.5, 0.6) is 11.5 Å². The van der Waals surface area contributed by atoms with Gasteiger partial charge in [-0.3, -0.25) is 10.1 Å². The van der Waals surface area contributed by atoms with Crippen molar-refractivity contribution in [1.82, 2.24) is 0 Å². The van der Waals surface area contributed by atoms with Crippen LogP contribution in [0.3, 0.4) is 0 Å². The van der Waals surface area contributed by atoms with Gasteiger partial charge in [-0.05, 0) is 6.07 Å². The zero-order chi connectivity index (χ0) is 10.8. The fourth-order valence-electron chi connectivity index (χ4n) is 1.29. The van der Waals surface area contributed by atoms with Crippen molar-refractivity contribution in [2.75, 3.05) is 6.79 Å². The van der Waals surface area contributed by atoms with Crippen LogP contribution >= 0.6 is 0 Å². The third-order valence-electron chi connectivity index (χ3n) is 1.93. The Kier molecular flexibility index (Phi) is 2.13. The SMILES string of the molecule is NN=Cc1cc2c(cc1[N+](=O)[O-])OCO2. The molecule has 0 saturated heterocycles. The first kappa shape index (κ1) is 9.25. The molecular formula is C8H7N3O4. The molecule has 2 rings (SSSR count). The lowest BCUT2D eigenvalue weighted by Gasteiger charge is -1.99. The molecule has 1 heterocycles. The number of nitrogens with zero attached hydrogens (tertiary/aromatic N) is 2. The van der Waals surface area contributed by atoms with Gasteiger partial charge in [0.25, 0.3) is 5.69 Å². The lowest BCUT2D eigenvalue weighted by molar-refractivity contribution is -0.385. The molecule has 0 radical (unpaired) electrons. The summed E-state index contributed by atoms with van der Waals surface area (Å²) in [5.74, 6) is 5.76. The van der Waals surface area contributed by atoms with Crippen LogP contribution in [0.15, 0.2) is 17.2 Å². The Morgan fingerprint density at radius 2 is 2.13 bits per heavy atom. The number of nitrogens with two attached hydrogens (primary N) is 1. The first-order chi connectivity index (χ1) is 7.22. The van der Waals surface area contributed by atoms with Gasteiger partial charge in [0.1, 0.15) is 0 Å². The van der Waals surface area contributed by atoms with Gasteiger partial charge in [-0.2, -0.15) is 5.10 Å². The minimum Gasteiger partial charge on any atom is -0.454 e. The molecule has 0 atom stereocenters. The molecule has 2 N–H and O–H groups in total. The quantitative estimate of drug-likeness (QED) is 0.333. The van der Waals surface area contributed by atoms with E-state index < -0.39 is 4.92 Å². The van der Waals surface area contributed by atoms with Crippen molar-refractivity contribution in [3.63, 3.8) is 0 Å². The van der Waals surface area contributed by atoms with Gasteiger partial charge in [0.05, 0.1) is 22.8 Å². The highest BCUT2D eigenvalue weighted by Gasteiger charge is 2.22. The fourth-order valence-corrected chi connectivity index (χ4v) is 1.29. The van der Waals surface area contributed by atoms with Gasteiger partial charge >= 0.3 is 0 Å². The molecule has 7 nitrogen and oxygen atoms in total. The lowest BCUT2D eigenvalue weighted by Crippen LogP contribution is -1.96. The predicted molar refractivity (Wildman–Crippen MR) is 51.0 cm³/mol. The van der Waals surface area contributed by atoms with Crippen LogP contribution in [0.4, 0.5) is 5.69 Å². The highest BCUT2D eigenvalue weighted by Crippen LogP contribution is 2.37. The maximum absolute atomic E-state index is 10.7. The first-order valence-corrected chi connectivity index (χ1v) is 4.03. The second-order valence-electron chi connectivity index (χ2n) is 2.80. The average molecular weight is 209 g/mol. The van der Waals surface area contributed by atoms with E-state index >= 15 is 0 Å². The molecule has 1 aliphatic rings. The summed E-state index contributed by atoms with van der Waals surface area (Å²) >= 11 is 0. The van der Waals surface area contributed by atoms with Gasteiger partial charge in [-0.1, -0.05) is 0 Å². The molecule has 0 saturated carbocycles. The van der Waals surface area contributed by atoms with Crippen molar-refractivity contribution in [1.29, 1.82) is 0 Å². The Bertz CT molecular complexity index is 444. The van der Waals surface area contributed by atoms with E-state index in [2.05, 4.69) is 5.10 Å². The summed E-state index contributed by atoms with van der Waals surface area (Å²) in [5, 5.41) is 14.0. The maximum Gasteiger partial charge on any atom is 0.282 e.